The maximum atomic E-state index is 11.3. The first-order valence-electron chi connectivity index (χ1n) is 5.15. The molecule has 3 heteroatoms. The van der Waals surface area contributed by atoms with Gasteiger partial charge in [0.1, 0.15) is 5.78 Å². The lowest BCUT2D eigenvalue weighted by Crippen LogP contribution is -2.33. The van der Waals surface area contributed by atoms with Crippen LogP contribution in [0.1, 0.15) is 33.1 Å². The standard InChI is InChI=1S/C11H20N2O/c1-11(2)6-5-10(14)7-9(11)8-12-13(3)4/h8-9H,5-7H2,1-4H3/b12-8+. The van der Waals surface area contributed by atoms with Crippen LogP contribution in [-0.4, -0.2) is 31.1 Å². The van der Waals surface area contributed by atoms with Crippen molar-refractivity contribution in [3.8, 4) is 0 Å². The molecule has 1 atom stereocenters. The topological polar surface area (TPSA) is 32.7 Å². The lowest BCUT2D eigenvalue weighted by molar-refractivity contribution is -0.123. The van der Waals surface area contributed by atoms with Crippen LogP contribution in [0.2, 0.25) is 0 Å². The average molecular weight is 196 g/mol. The molecule has 80 valence electrons. The maximum absolute atomic E-state index is 11.3. The number of carbonyl (C=O) groups is 1. The summed E-state index contributed by atoms with van der Waals surface area (Å²) >= 11 is 0. The van der Waals surface area contributed by atoms with Crippen LogP contribution in [0.4, 0.5) is 0 Å². The molecular formula is C11H20N2O. The van der Waals surface area contributed by atoms with Gasteiger partial charge in [0.15, 0.2) is 0 Å². The number of hydrazone groups is 1. The fourth-order valence-electron chi connectivity index (χ4n) is 1.74. The zero-order valence-corrected chi connectivity index (χ0v) is 9.58. The SMILES string of the molecule is CN(C)/N=C/C1CC(=O)CCC1(C)C. The van der Waals surface area contributed by atoms with Crippen LogP contribution in [-0.2, 0) is 4.79 Å². The van der Waals surface area contributed by atoms with Crippen molar-refractivity contribution in [1.82, 2.24) is 5.01 Å². The zero-order valence-electron chi connectivity index (χ0n) is 9.58. The van der Waals surface area contributed by atoms with Gasteiger partial charge in [-0.25, -0.2) is 0 Å². The van der Waals surface area contributed by atoms with Gasteiger partial charge in [-0.3, -0.25) is 4.79 Å². The lowest BCUT2D eigenvalue weighted by atomic mass is 9.69. The fraction of sp³-hybridized carbons (Fsp3) is 0.818. The molecule has 0 bridgehead atoms. The van der Waals surface area contributed by atoms with Crippen molar-refractivity contribution in [3.63, 3.8) is 0 Å². The van der Waals surface area contributed by atoms with E-state index in [-0.39, 0.29) is 5.41 Å². The molecule has 3 nitrogen and oxygen atoms in total. The molecule has 1 aliphatic carbocycles. The van der Waals surface area contributed by atoms with Crippen LogP contribution >= 0.6 is 0 Å². The first-order valence-corrected chi connectivity index (χ1v) is 5.15. The molecule has 0 radical (unpaired) electrons. The Hall–Kier alpha value is -0.860. The van der Waals surface area contributed by atoms with E-state index in [1.807, 2.05) is 20.3 Å². The van der Waals surface area contributed by atoms with Gasteiger partial charge in [-0.2, -0.15) is 5.10 Å². The van der Waals surface area contributed by atoms with E-state index in [1.54, 1.807) is 5.01 Å². The molecule has 0 saturated heterocycles. The summed E-state index contributed by atoms with van der Waals surface area (Å²) in [6.07, 6.45) is 4.30. The van der Waals surface area contributed by atoms with E-state index in [9.17, 15) is 4.79 Å². The Bertz CT molecular complexity index is 244. The van der Waals surface area contributed by atoms with E-state index in [0.717, 1.165) is 12.8 Å². The van der Waals surface area contributed by atoms with Gasteiger partial charge in [0, 0.05) is 39.1 Å². The van der Waals surface area contributed by atoms with E-state index in [2.05, 4.69) is 18.9 Å². The highest BCUT2D eigenvalue weighted by molar-refractivity contribution is 5.83. The van der Waals surface area contributed by atoms with E-state index < -0.39 is 0 Å². The Morgan fingerprint density at radius 1 is 1.50 bits per heavy atom. The number of rotatable bonds is 2. The number of nitrogens with zero attached hydrogens (tertiary/aromatic N) is 2. The summed E-state index contributed by atoms with van der Waals surface area (Å²) in [5.41, 5.74) is 0.216. The second-order valence-electron chi connectivity index (χ2n) is 4.95. The Morgan fingerprint density at radius 2 is 2.14 bits per heavy atom. The number of carbonyl (C=O) groups excluding carboxylic acids is 1. The van der Waals surface area contributed by atoms with Gasteiger partial charge >= 0.3 is 0 Å². The predicted molar refractivity (Wildman–Crippen MR) is 58.3 cm³/mol. The minimum atomic E-state index is 0.216. The van der Waals surface area contributed by atoms with Crippen molar-refractivity contribution in [3.05, 3.63) is 0 Å². The third kappa shape index (κ3) is 2.82. The van der Waals surface area contributed by atoms with Crippen LogP contribution in [0, 0.1) is 11.3 Å². The molecule has 1 aliphatic rings. The zero-order chi connectivity index (χ0) is 10.8. The van der Waals surface area contributed by atoms with E-state index in [1.165, 1.54) is 0 Å². The fourth-order valence-corrected chi connectivity index (χ4v) is 1.74. The van der Waals surface area contributed by atoms with Gasteiger partial charge in [0.2, 0.25) is 0 Å². The van der Waals surface area contributed by atoms with Crippen molar-refractivity contribution in [2.75, 3.05) is 14.1 Å². The summed E-state index contributed by atoms with van der Waals surface area (Å²) in [4.78, 5) is 11.3. The van der Waals surface area contributed by atoms with Gasteiger partial charge in [-0.15, -0.1) is 0 Å². The van der Waals surface area contributed by atoms with E-state index in [0.29, 0.717) is 18.1 Å². The minimum Gasteiger partial charge on any atom is -0.303 e. The van der Waals surface area contributed by atoms with E-state index in [4.69, 9.17) is 0 Å². The highest BCUT2D eigenvalue weighted by atomic mass is 16.1. The van der Waals surface area contributed by atoms with Gasteiger partial charge in [-0.05, 0) is 11.8 Å². The third-order valence-electron chi connectivity index (χ3n) is 2.98. The summed E-state index contributed by atoms with van der Waals surface area (Å²) in [6, 6.07) is 0. The summed E-state index contributed by atoms with van der Waals surface area (Å²) in [5.74, 6) is 0.672. The Morgan fingerprint density at radius 3 is 2.71 bits per heavy atom. The van der Waals surface area contributed by atoms with Crippen LogP contribution < -0.4 is 0 Å². The average Bonchev–Trinajstić information content (AvgIpc) is 2.07. The molecule has 0 aromatic rings. The number of ketones is 1. The monoisotopic (exact) mass is 196 g/mol. The second kappa shape index (κ2) is 4.11. The molecule has 14 heavy (non-hydrogen) atoms. The van der Waals surface area contributed by atoms with Crippen molar-refractivity contribution < 1.29 is 4.79 Å². The number of hydrogen-bond acceptors (Lipinski definition) is 3. The largest absolute Gasteiger partial charge is 0.303 e. The first-order chi connectivity index (χ1) is 6.42. The number of hydrogen-bond donors (Lipinski definition) is 0. The molecule has 0 aromatic carbocycles. The lowest BCUT2D eigenvalue weighted by Gasteiger charge is -2.35. The van der Waals surface area contributed by atoms with Crippen LogP contribution in [0.15, 0.2) is 5.10 Å². The van der Waals surface area contributed by atoms with Crippen molar-refractivity contribution in [2.45, 2.75) is 33.1 Å². The van der Waals surface area contributed by atoms with Crippen LogP contribution in [0.25, 0.3) is 0 Å². The number of Topliss-reactive ketones (excluding diaryl/α,β-unsaturated/α-hetero) is 1. The summed E-state index contributed by atoms with van der Waals surface area (Å²) in [6.45, 7) is 4.43. The maximum Gasteiger partial charge on any atom is 0.133 e. The smallest absolute Gasteiger partial charge is 0.133 e. The molecule has 0 spiro atoms. The molecule has 1 fully saturated rings. The molecule has 0 aliphatic heterocycles. The highest BCUT2D eigenvalue weighted by Crippen LogP contribution is 2.37. The van der Waals surface area contributed by atoms with Gasteiger partial charge in [0.25, 0.3) is 0 Å². The van der Waals surface area contributed by atoms with Crippen molar-refractivity contribution >= 4 is 12.0 Å². The van der Waals surface area contributed by atoms with Gasteiger partial charge in [-0.1, -0.05) is 13.8 Å². The molecule has 0 heterocycles. The predicted octanol–water partition coefficient (Wildman–Crippen LogP) is 1.93. The second-order valence-corrected chi connectivity index (χ2v) is 4.95. The van der Waals surface area contributed by atoms with Crippen LogP contribution in [0.5, 0.6) is 0 Å². The molecular weight excluding hydrogens is 176 g/mol. The quantitative estimate of drug-likeness (QED) is 0.499. The Balaban J connectivity index is 2.67. The Labute approximate surface area is 86.2 Å². The summed E-state index contributed by atoms with van der Waals surface area (Å²) < 4.78 is 0. The molecule has 0 aromatic heterocycles. The molecule has 0 amide bonds. The first kappa shape index (κ1) is 11.2. The van der Waals surface area contributed by atoms with Crippen LogP contribution in [0.3, 0.4) is 0 Å². The molecule has 1 unspecified atom stereocenters. The van der Waals surface area contributed by atoms with Gasteiger partial charge < -0.3 is 5.01 Å². The molecule has 1 rings (SSSR count). The Kier molecular flexibility index (Phi) is 3.29. The minimum absolute atomic E-state index is 0.216. The van der Waals surface area contributed by atoms with Crippen molar-refractivity contribution in [2.24, 2.45) is 16.4 Å². The third-order valence-corrected chi connectivity index (χ3v) is 2.98. The van der Waals surface area contributed by atoms with Crippen molar-refractivity contribution in [1.29, 1.82) is 0 Å². The molecule has 1 saturated carbocycles. The van der Waals surface area contributed by atoms with Gasteiger partial charge in [0.05, 0.1) is 0 Å². The normalized spacial score (nSPS) is 26.9. The summed E-state index contributed by atoms with van der Waals surface area (Å²) in [7, 11) is 3.79. The van der Waals surface area contributed by atoms with E-state index >= 15 is 0 Å². The molecule has 0 N–H and O–H groups in total. The highest BCUT2D eigenvalue weighted by Gasteiger charge is 2.34. The summed E-state index contributed by atoms with van der Waals surface area (Å²) in [5, 5.41) is 6.01.